The van der Waals surface area contributed by atoms with Crippen LogP contribution in [0.4, 0.5) is 5.69 Å². The standard InChI is InChI=1S/C22H35NO3/c1-3-4-5-6-7-8-14-19-26-22(25)18-13-12-17-21(24)23(2)20-15-10-9-11-16-20/h9-11,15-16H,3-8,12-14,17-19H2,1-2H3. The first-order chi connectivity index (χ1) is 12.6. The molecule has 0 atom stereocenters. The summed E-state index contributed by atoms with van der Waals surface area (Å²) in [6, 6.07) is 9.60. The molecule has 1 rings (SSSR count). The van der Waals surface area contributed by atoms with Gasteiger partial charge < -0.3 is 9.64 Å². The van der Waals surface area contributed by atoms with E-state index in [9.17, 15) is 9.59 Å². The summed E-state index contributed by atoms with van der Waals surface area (Å²) < 4.78 is 5.26. The van der Waals surface area contributed by atoms with Crippen LogP contribution in [0.25, 0.3) is 0 Å². The van der Waals surface area contributed by atoms with Gasteiger partial charge in [-0.15, -0.1) is 0 Å². The Kier molecular flexibility index (Phi) is 12.2. The molecule has 0 unspecified atom stereocenters. The largest absolute Gasteiger partial charge is 0.466 e. The topological polar surface area (TPSA) is 46.6 Å². The molecule has 0 bridgehead atoms. The SMILES string of the molecule is CCCCCCCCCOC(=O)CCCCC(=O)N(C)c1ccccc1. The lowest BCUT2D eigenvalue weighted by Gasteiger charge is -2.17. The van der Waals surface area contributed by atoms with Gasteiger partial charge in [0, 0.05) is 25.6 Å². The number of esters is 1. The molecule has 1 amide bonds. The van der Waals surface area contributed by atoms with Gasteiger partial charge >= 0.3 is 5.97 Å². The zero-order valence-electron chi connectivity index (χ0n) is 16.5. The van der Waals surface area contributed by atoms with E-state index in [0.29, 0.717) is 32.3 Å². The first kappa shape index (κ1) is 22.2. The van der Waals surface area contributed by atoms with Gasteiger partial charge in [0.15, 0.2) is 0 Å². The molecule has 0 aliphatic heterocycles. The van der Waals surface area contributed by atoms with Gasteiger partial charge in [0.2, 0.25) is 5.91 Å². The van der Waals surface area contributed by atoms with Crippen molar-refractivity contribution in [1.82, 2.24) is 0 Å². The molecular weight excluding hydrogens is 326 g/mol. The Hall–Kier alpha value is -1.84. The molecule has 0 spiro atoms. The monoisotopic (exact) mass is 361 g/mol. The maximum atomic E-state index is 12.1. The zero-order chi connectivity index (χ0) is 19.0. The highest BCUT2D eigenvalue weighted by Gasteiger charge is 2.10. The van der Waals surface area contributed by atoms with Gasteiger partial charge in [-0.3, -0.25) is 9.59 Å². The van der Waals surface area contributed by atoms with E-state index in [1.165, 1.54) is 32.1 Å². The Bertz CT molecular complexity index is 501. The molecule has 26 heavy (non-hydrogen) atoms. The highest BCUT2D eigenvalue weighted by atomic mass is 16.5. The second kappa shape index (κ2) is 14.3. The third kappa shape index (κ3) is 10.2. The van der Waals surface area contributed by atoms with Crippen LogP contribution in [0.2, 0.25) is 0 Å². The number of amides is 1. The van der Waals surface area contributed by atoms with Crippen molar-refractivity contribution in [3.63, 3.8) is 0 Å². The van der Waals surface area contributed by atoms with Gasteiger partial charge in [-0.25, -0.2) is 0 Å². The van der Waals surface area contributed by atoms with Crippen LogP contribution in [0.3, 0.4) is 0 Å². The third-order valence-corrected chi connectivity index (χ3v) is 4.55. The molecule has 0 saturated heterocycles. The van der Waals surface area contributed by atoms with Crippen molar-refractivity contribution in [1.29, 1.82) is 0 Å². The van der Waals surface area contributed by atoms with E-state index in [2.05, 4.69) is 6.92 Å². The molecule has 0 radical (unpaired) electrons. The van der Waals surface area contributed by atoms with Crippen LogP contribution in [-0.2, 0) is 14.3 Å². The second-order valence-corrected chi connectivity index (χ2v) is 6.84. The number of hydrogen-bond acceptors (Lipinski definition) is 3. The highest BCUT2D eigenvalue weighted by Crippen LogP contribution is 2.14. The smallest absolute Gasteiger partial charge is 0.305 e. The predicted octanol–water partition coefficient (Wildman–Crippen LogP) is 5.50. The number of carbonyl (C=O) groups is 2. The Morgan fingerprint density at radius 1 is 0.846 bits per heavy atom. The highest BCUT2D eigenvalue weighted by molar-refractivity contribution is 5.92. The number of anilines is 1. The summed E-state index contributed by atoms with van der Waals surface area (Å²) in [5.74, 6) is -0.0625. The van der Waals surface area contributed by atoms with Crippen molar-refractivity contribution in [2.24, 2.45) is 0 Å². The van der Waals surface area contributed by atoms with Crippen LogP contribution < -0.4 is 4.90 Å². The Morgan fingerprint density at radius 3 is 2.15 bits per heavy atom. The van der Waals surface area contributed by atoms with Crippen molar-refractivity contribution in [2.75, 3.05) is 18.6 Å². The van der Waals surface area contributed by atoms with E-state index in [4.69, 9.17) is 4.74 Å². The summed E-state index contributed by atoms with van der Waals surface area (Å²) in [7, 11) is 1.79. The first-order valence-electron chi connectivity index (χ1n) is 10.1. The van der Waals surface area contributed by atoms with Crippen molar-refractivity contribution in [3.8, 4) is 0 Å². The fourth-order valence-electron chi connectivity index (χ4n) is 2.83. The number of ether oxygens (including phenoxy) is 1. The molecule has 0 fully saturated rings. The third-order valence-electron chi connectivity index (χ3n) is 4.55. The number of para-hydroxylation sites is 1. The summed E-state index contributed by atoms with van der Waals surface area (Å²) in [4.78, 5) is 25.5. The van der Waals surface area contributed by atoms with Crippen molar-refractivity contribution in [2.45, 2.75) is 77.6 Å². The Morgan fingerprint density at radius 2 is 1.46 bits per heavy atom. The van der Waals surface area contributed by atoms with E-state index in [1.54, 1.807) is 11.9 Å². The van der Waals surface area contributed by atoms with Gasteiger partial charge in [0.1, 0.15) is 0 Å². The number of benzene rings is 1. The van der Waals surface area contributed by atoms with Crippen LogP contribution in [0, 0.1) is 0 Å². The minimum atomic E-state index is -0.139. The molecule has 4 nitrogen and oxygen atoms in total. The Labute approximate surface area is 158 Å². The average Bonchev–Trinajstić information content (AvgIpc) is 2.67. The van der Waals surface area contributed by atoms with Crippen molar-refractivity contribution in [3.05, 3.63) is 30.3 Å². The average molecular weight is 362 g/mol. The van der Waals surface area contributed by atoms with Crippen LogP contribution in [0.5, 0.6) is 0 Å². The minimum absolute atomic E-state index is 0.0765. The molecular formula is C22H35NO3. The van der Waals surface area contributed by atoms with E-state index >= 15 is 0 Å². The van der Waals surface area contributed by atoms with E-state index in [0.717, 1.165) is 18.5 Å². The number of carbonyl (C=O) groups excluding carboxylic acids is 2. The maximum Gasteiger partial charge on any atom is 0.305 e. The lowest BCUT2D eigenvalue weighted by molar-refractivity contribution is -0.144. The van der Waals surface area contributed by atoms with Crippen LogP contribution in [-0.4, -0.2) is 25.5 Å². The van der Waals surface area contributed by atoms with Gasteiger partial charge in [0.25, 0.3) is 0 Å². The molecule has 0 aliphatic rings. The summed E-state index contributed by atoms with van der Waals surface area (Å²) in [6.07, 6.45) is 10.8. The molecule has 0 aliphatic carbocycles. The number of unbranched alkanes of at least 4 members (excludes halogenated alkanes) is 7. The lowest BCUT2D eigenvalue weighted by Crippen LogP contribution is -2.25. The maximum absolute atomic E-state index is 12.1. The molecule has 146 valence electrons. The molecule has 0 N–H and O–H groups in total. The van der Waals surface area contributed by atoms with Crippen molar-refractivity contribution < 1.29 is 14.3 Å². The molecule has 1 aromatic rings. The van der Waals surface area contributed by atoms with Crippen molar-refractivity contribution >= 4 is 17.6 Å². The molecule has 0 saturated carbocycles. The predicted molar refractivity (Wildman–Crippen MR) is 107 cm³/mol. The van der Waals surface area contributed by atoms with Gasteiger partial charge in [-0.2, -0.15) is 0 Å². The summed E-state index contributed by atoms with van der Waals surface area (Å²) >= 11 is 0. The second-order valence-electron chi connectivity index (χ2n) is 6.84. The number of hydrogen-bond donors (Lipinski definition) is 0. The Balaban J connectivity index is 2.00. The van der Waals surface area contributed by atoms with E-state index in [-0.39, 0.29) is 11.9 Å². The normalized spacial score (nSPS) is 10.5. The quantitative estimate of drug-likeness (QED) is 0.324. The van der Waals surface area contributed by atoms with E-state index in [1.807, 2.05) is 30.3 Å². The fourth-order valence-corrected chi connectivity index (χ4v) is 2.83. The first-order valence-corrected chi connectivity index (χ1v) is 10.1. The van der Waals surface area contributed by atoms with Crippen LogP contribution in [0.15, 0.2) is 30.3 Å². The zero-order valence-corrected chi connectivity index (χ0v) is 16.5. The fraction of sp³-hybridized carbons (Fsp3) is 0.636. The van der Waals surface area contributed by atoms with Gasteiger partial charge in [0.05, 0.1) is 6.61 Å². The van der Waals surface area contributed by atoms with Crippen LogP contribution in [0.1, 0.15) is 77.6 Å². The summed E-state index contributed by atoms with van der Waals surface area (Å²) in [5, 5.41) is 0. The molecule has 1 aromatic carbocycles. The van der Waals surface area contributed by atoms with Gasteiger partial charge in [-0.05, 0) is 31.4 Å². The number of nitrogens with zero attached hydrogens (tertiary/aromatic N) is 1. The lowest BCUT2D eigenvalue weighted by atomic mass is 10.1. The molecule has 4 heteroatoms. The summed E-state index contributed by atoms with van der Waals surface area (Å²) in [5.41, 5.74) is 0.895. The van der Waals surface area contributed by atoms with Crippen LogP contribution >= 0.6 is 0 Å². The minimum Gasteiger partial charge on any atom is -0.466 e. The molecule has 0 aromatic heterocycles. The summed E-state index contributed by atoms with van der Waals surface area (Å²) in [6.45, 7) is 2.75. The van der Waals surface area contributed by atoms with Gasteiger partial charge in [-0.1, -0.05) is 63.6 Å². The number of rotatable bonds is 14. The van der Waals surface area contributed by atoms with E-state index < -0.39 is 0 Å². The molecule has 0 heterocycles.